The first kappa shape index (κ1) is 13.9. The summed E-state index contributed by atoms with van der Waals surface area (Å²) < 4.78 is 0. The Balaban J connectivity index is 1.84. The fraction of sp³-hybridized carbons (Fsp3) is 0.125. The van der Waals surface area contributed by atoms with E-state index in [4.69, 9.17) is 5.11 Å². The second kappa shape index (κ2) is 5.40. The van der Waals surface area contributed by atoms with Crippen LogP contribution < -0.4 is 0 Å². The molecule has 0 unspecified atom stereocenters. The average molecular weight is 296 g/mol. The second-order valence-corrected chi connectivity index (χ2v) is 4.93. The SMILES string of the molecule is O=C(O)Cc1cccc(CN2C(=O)c3ccccc3C2=O)n1. The van der Waals surface area contributed by atoms with Crippen LogP contribution in [0, 0.1) is 0 Å². The topological polar surface area (TPSA) is 87.6 Å². The van der Waals surface area contributed by atoms with Crippen molar-refractivity contribution in [3.05, 3.63) is 65.0 Å². The fourth-order valence-electron chi connectivity index (χ4n) is 2.42. The Labute approximate surface area is 126 Å². The molecule has 0 bridgehead atoms. The molecule has 2 aromatic rings. The summed E-state index contributed by atoms with van der Waals surface area (Å²) in [5.74, 6) is -1.69. The number of rotatable bonds is 4. The van der Waals surface area contributed by atoms with Crippen LogP contribution in [0.15, 0.2) is 42.5 Å². The first-order chi connectivity index (χ1) is 10.6. The molecule has 6 heteroatoms. The number of benzene rings is 1. The number of carbonyl (C=O) groups is 3. The Morgan fingerprint density at radius 1 is 0.955 bits per heavy atom. The van der Waals surface area contributed by atoms with E-state index in [0.29, 0.717) is 22.5 Å². The van der Waals surface area contributed by atoms with Crippen LogP contribution in [-0.4, -0.2) is 32.8 Å². The van der Waals surface area contributed by atoms with Gasteiger partial charge in [-0.05, 0) is 24.3 Å². The fourth-order valence-corrected chi connectivity index (χ4v) is 2.42. The summed E-state index contributed by atoms with van der Waals surface area (Å²) in [6, 6.07) is 11.6. The van der Waals surface area contributed by atoms with Gasteiger partial charge in [-0.2, -0.15) is 0 Å². The minimum absolute atomic E-state index is 0.0276. The number of hydrogen-bond acceptors (Lipinski definition) is 4. The third-order valence-corrected chi connectivity index (χ3v) is 3.40. The maximum atomic E-state index is 12.3. The first-order valence-corrected chi connectivity index (χ1v) is 6.68. The smallest absolute Gasteiger partial charge is 0.309 e. The van der Waals surface area contributed by atoms with Crippen molar-refractivity contribution >= 4 is 17.8 Å². The number of carboxylic acids is 1. The zero-order valence-corrected chi connectivity index (χ0v) is 11.5. The lowest BCUT2D eigenvalue weighted by atomic mass is 10.1. The lowest BCUT2D eigenvalue weighted by Gasteiger charge is -2.13. The molecule has 110 valence electrons. The molecular formula is C16H12N2O4. The predicted octanol–water partition coefficient (Wildman–Crippen LogP) is 1.50. The number of aliphatic carboxylic acids is 1. The molecule has 1 aliphatic heterocycles. The highest BCUT2D eigenvalue weighted by Gasteiger charge is 2.35. The highest BCUT2D eigenvalue weighted by Crippen LogP contribution is 2.23. The number of aromatic nitrogens is 1. The highest BCUT2D eigenvalue weighted by atomic mass is 16.4. The van der Waals surface area contributed by atoms with Crippen LogP contribution in [0.5, 0.6) is 0 Å². The van der Waals surface area contributed by atoms with Gasteiger partial charge in [-0.15, -0.1) is 0 Å². The first-order valence-electron chi connectivity index (χ1n) is 6.68. The van der Waals surface area contributed by atoms with Crippen molar-refractivity contribution in [3.8, 4) is 0 Å². The molecule has 2 amide bonds. The summed E-state index contributed by atoms with van der Waals surface area (Å²) >= 11 is 0. The zero-order chi connectivity index (χ0) is 15.7. The Morgan fingerprint density at radius 2 is 1.55 bits per heavy atom. The van der Waals surface area contributed by atoms with Gasteiger partial charge in [0.25, 0.3) is 11.8 Å². The van der Waals surface area contributed by atoms with E-state index in [2.05, 4.69) is 4.98 Å². The molecule has 1 aromatic carbocycles. The van der Waals surface area contributed by atoms with Crippen molar-refractivity contribution in [3.63, 3.8) is 0 Å². The van der Waals surface area contributed by atoms with Crippen LogP contribution in [-0.2, 0) is 17.8 Å². The molecule has 22 heavy (non-hydrogen) atoms. The number of carboxylic acid groups (broad SMARTS) is 1. The lowest BCUT2D eigenvalue weighted by Crippen LogP contribution is -2.29. The van der Waals surface area contributed by atoms with Crippen LogP contribution in [0.1, 0.15) is 32.1 Å². The molecule has 1 aromatic heterocycles. The number of amides is 2. The molecule has 0 spiro atoms. The van der Waals surface area contributed by atoms with Gasteiger partial charge in [0.05, 0.1) is 35.5 Å². The normalized spacial score (nSPS) is 13.4. The predicted molar refractivity (Wildman–Crippen MR) is 76.2 cm³/mol. The van der Waals surface area contributed by atoms with E-state index in [-0.39, 0.29) is 24.8 Å². The number of pyridine rings is 1. The summed E-state index contributed by atoms with van der Waals surface area (Å²) in [6.07, 6.45) is -0.198. The molecule has 0 aliphatic carbocycles. The third-order valence-electron chi connectivity index (χ3n) is 3.40. The third kappa shape index (κ3) is 2.46. The van der Waals surface area contributed by atoms with Crippen molar-refractivity contribution in [2.24, 2.45) is 0 Å². The Morgan fingerprint density at radius 3 is 2.14 bits per heavy atom. The molecule has 0 fully saturated rings. The minimum Gasteiger partial charge on any atom is -0.481 e. The van der Waals surface area contributed by atoms with Crippen LogP contribution in [0.2, 0.25) is 0 Å². The second-order valence-electron chi connectivity index (χ2n) is 4.93. The van der Waals surface area contributed by atoms with Crippen molar-refractivity contribution in [2.75, 3.05) is 0 Å². The molecule has 0 radical (unpaired) electrons. The van der Waals surface area contributed by atoms with Gasteiger partial charge in [-0.3, -0.25) is 24.3 Å². The van der Waals surface area contributed by atoms with E-state index in [1.807, 2.05) is 0 Å². The molecule has 0 atom stereocenters. The number of nitrogens with zero attached hydrogens (tertiary/aromatic N) is 2. The highest BCUT2D eigenvalue weighted by molar-refractivity contribution is 6.21. The van der Waals surface area contributed by atoms with E-state index in [9.17, 15) is 14.4 Å². The molecule has 1 aliphatic rings. The number of hydrogen-bond donors (Lipinski definition) is 1. The maximum absolute atomic E-state index is 12.3. The van der Waals surface area contributed by atoms with Crippen LogP contribution in [0.25, 0.3) is 0 Å². The van der Waals surface area contributed by atoms with E-state index in [0.717, 1.165) is 4.90 Å². The number of fused-ring (bicyclic) bond motifs is 1. The number of carbonyl (C=O) groups excluding carboxylic acids is 2. The molecule has 3 rings (SSSR count). The molecule has 0 saturated carbocycles. The molecule has 6 nitrogen and oxygen atoms in total. The van der Waals surface area contributed by atoms with Gasteiger partial charge in [0.2, 0.25) is 0 Å². The Bertz CT molecular complexity index is 750. The van der Waals surface area contributed by atoms with Crippen LogP contribution >= 0.6 is 0 Å². The van der Waals surface area contributed by atoms with E-state index < -0.39 is 5.97 Å². The summed E-state index contributed by atoms with van der Waals surface area (Å²) in [4.78, 5) is 40.5. The zero-order valence-electron chi connectivity index (χ0n) is 11.5. The lowest BCUT2D eigenvalue weighted by molar-refractivity contribution is -0.136. The maximum Gasteiger partial charge on any atom is 0.309 e. The van der Waals surface area contributed by atoms with Crippen LogP contribution in [0.4, 0.5) is 0 Å². The molecule has 2 heterocycles. The monoisotopic (exact) mass is 296 g/mol. The van der Waals surface area contributed by atoms with Gasteiger partial charge in [0.15, 0.2) is 0 Å². The van der Waals surface area contributed by atoms with Crippen molar-refractivity contribution in [1.29, 1.82) is 0 Å². The van der Waals surface area contributed by atoms with Gasteiger partial charge in [-0.25, -0.2) is 0 Å². The Kier molecular flexibility index (Phi) is 3.42. The van der Waals surface area contributed by atoms with Gasteiger partial charge >= 0.3 is 5.97 Å². The van der Waals surface area contributed by atoms with Gasteiger partial charge in [0, 0.05) is 0 Å². The average Bonchev–Trinajstić information content (AvgIpc) is 2.73. The van der Waals surface area contributed by atoms with Crippen molar-refractivity contribution < 1.29 is 19.5 Å². The van der Waals surface area contributed by atoms with Gasteiger partial charge in [-0.1, -0.05) is 18.2 Å². The Hall–Kier alpha value is -3.02. The standard InChI is InChI=1S/C16H12N2O4/c19-14(20)8-10-4-3-5-11(17-10)9-18-15(21)12-6-1-2-7-13(12)16(18)22/h1-7H,8-9H2,(H,19,20). The van der Waals surface area contributed by atoms with Crippen molar-refractivity contribution in [1.82, 2.24) is 9.88 Å². The van der Waals surface area contributed by atoms with E-state index in [1.165, 1.54) is 0 Å². The van der Waals surface area contributed by atoms with Crippen LogP contribution in [0.3, 0.4) is 0 Å². The van der Waals surface area contributed by atoms with Gasteiger partial charge < -0.3 is 5.11 Å². The summed E-state index contributed by atoms with van der Waals surface area (Å²) in [7, 11) is 0. The molecule has 0 saturated heterocycles. The minimum atomic E-state index is -0.981. The van der Waals surface area contributed by atoms with Crippen molar-refractivity contribution in [2.45, 2.75) is 13.0 Å². The summed E-state index contributed by atoms with van der Waals surface area (Å²) in [5.41, 5.74) is 1.64. The summed E-state index contributed by atoms with van der Waals surface area (Å²) in [5, 5.41) is 8.79. The summed E-state index contributed by atoms with van der Waals surface area (Å²) in [6.45, 7) is 0.0276. The molecular weight excluding hydrogens is 284 g/mol. The number of imide groups is 1. The van der Waals surface area contributed by atoms with Gasteiger partial charge in [0.1, 0.15) is 0 Å². The largest absolute Gasteiger partial charge is 0.481 e. The molecule has 1 N–H and O–H groups in total. The quantitative estimate of drug-likeness (QED) is 0.864. The van der Waals surface area contributed by atoms with E-state index >= 15 is 0 Å². The van der Waals surface area contributed by atoms with E-state index in [1.54, 1.807) is 42.5 Å².